The Labute approximate surface area is 143 Å². The zero-order valence-electron chi connectivity index (χ0n) is 14.3. The SMILES string of the molecule is O=C(O)N1CCCC(N2CCC(n3nccc3C3CC3)CC2)CC1. The standard InChI is InChI=1S/C18H28N4O2/c23-18(24)21-10-1-2-15(6-13-21)20-11-7-16(8-12-20)22-17(5-9-19-22)14-3-4-14/h5,9,14-16H,1-4,6-8,10-13H2,(H,23,24). The van der Waals surface area contributed by atoms with Gasteiger partial charge in [-0.1, -0.05) is 0 Å². The molecule has 2 aliphatic heterocycles. The fourth-order valence-electron chi connectivity index (χ4n) is 4.46. The van der Waals surface area contributed by atoms with Crippen LogP contribution in [0, 0.1) is 0 Å². The summed E-state index contributed by atoms with van der Waals surface area (Å²) in [6.45, 7) is 3.62. The van der Waals surface area contributed by atoms with Gasteiger partial charge in [0, 0.05) is 50.0 Å². The summed E-state index contributed by atoms with van der Waals surface area (Å²) in [7, 11) is 0. The highest BCUT2D eigenvalue weighted by atomic mass is 16.4. The van der Waals surface area contributed by atoms with Crippen LogP contribution in [-0.4, -0.2) is 63.0 Å². The predicted molar refractivity (Wildman–Crippen MR) is 91.3 cm³/mol. The maximum Gasteiger partial charge on any atom is 0.407 e. The van der Waals surface area contributed by atoms with E-state index in [1.165, 1.54) is 31.4 Å². The molecule has 24 heavy (non-hydrogen) atoms. The lowest BCUT2D eigenvalue weighted by atomic mass is 9.99. The Morgan fingerprint density at radius 3 is 2.46 bits per heavy atom. The average molecular weight is 332 g/mol. The van der Waals surface area contributed by atoms with Gasteiger partial charge in [0.05, 0.1) is 6.04 Å². The van der Waals surface area contributed by atoms with Gasteiger partial charge in [0.15, 0.2) is 0 Å². The molecule has 1 atom stereocenters. The molecule has 6 nitrogen and oxygen atoms in total. The molecular formula is C18H28N4O2. The van der Waals surface area contributed by atoms with Gasteiger partial charge in [-0.05, 0) is 51.0 Å². The van der Waals surface area contributed by atoms with Crippen molar-refractivity contribution in [2.75, 3.05) is 26.2 Å². The van der Waals surface area contributed by atoms with Crippen molar-refractivity contribution in [3.63, 3.8) is 0 Å². The molecule has 1 aromatic heterocycles. The molecule has 0 radical (unpaired) electrons. The Morgan fingerprint density at radius 2 is 1.75 bits per heavy atom. The number of hydrogen-bond donors (Lipinski definition) is 1. The van der Waals surface area contributed by atoms with E-state index in [9.17, 15) is 9.90 Å². The molecule has 4 rings (SSSR count). The van der Waals surface area contributed by atoms with E-state index in [1.807, 2.05) is 6.20 Å². The molecule has 6 heteroatoms. The monoisotopic (exact) mass is 332 g/mol. The van der Waals surface area contributed by atoms with Gasteiger partial charge in [0.25, 0.3) is 0 Å². The molecule has 1 aliphatic carbocycles. The third-order valence-electron chi connectivity index (χ3n) is 6.03. The zero-order valence-corrected chi connectivity index (χ0v) is 14.3. The van der Waals surface area contributed by atoms with E-state index in [2.05, 4.69) is 20.7 Å². The first-order valence-electron chi connectivity index (χ1n) is 9.47. The fourth-order valence-corrected chi connectivity index (χ4v) is 4.46. The third-order valence-corrected chi connectivity index (χ3v) is 6.03. The van der Waals surface area contributed by atoms with Gasteiger partial charge in [-0.25, -0.2) is 4.79 Å². The minimum absolute atomic E-state index is 0.549. The maximum atomic E-state index is 11.2. The summed E-state index contributed by atoms with van der Waals surface area (Å²) < 4.78 is 2.30. The van der Waals surface area contributed by atoms with Crippen LogP contribution in [0.1, 0.15) is 62.6 Å². The Balaban J connectivity index is 1.32. The number of rotatable bonds is 3. The van der Waals surface area contributed by atoms with Crippen LogP contribution >= 0.6 is 0 Å². The lowest BCUT2D eigenvalue weighted by molar-refractivity contribution is 0.116. The van der Waals surface area contributed by atoms with E-state index in [0.29, 0.717) is 25.2 Å². The number of likely N-dealkylation sites (tertiary alicyclic amines) is 2. The van der Waals surface area contributed by atoms with Gasteiger partial charge >= 0.3 is 6.09 Å². The van der Waals surface area contributed by atoms with Crippen LogP contribution in [0.3, 0.4) is 0 Å². The van der Waals surface area contributed by atoms with Crippen LogP contribution in [0.25, 0.3) is 0 Å². The molecule has 1 N–H and O–H groups in total. The van der Waals surface area contributed by atoms with Crippen LogP contribution < -0.4 is 0 Å². The van der Waals surface area contributed by atoms with E-state index in [-0.39, 0.29) is 0 Å². The van der Waals surface area contributed by atoms with Crippen molar-refractivity contribution < 1.29 is 9.90 Å². The van der Waals surface area contributed by atoms with Gasteiger partial charge in [0.2, 0.25) is 0 Å². The maximum absolute atomic E-state index is 11.2. The number of carboxylic acid groups (broad SMARTS) is 1. The van der Waals surface area contributed by atoms with E-state index in [0.717, 1.165) is 38.3 Å². The number of hydrogen-bond acceptors (Lipinski definition) is 3. The van der Waals surface area contributed by atoms with Crippen molar-refractivity contribution in [3.8, 4) is 0 Å². The highest BCUT2D eigenvalue weighted by molar-refractivity contribution is 5.64. The van der Waals surface area contributed by atoms with Crippen molar-refractivity contribution in [3.05, 3.63) is 18.0 Å². The average Bonchev–Trinajstić information content (AvgIpc) is 3.37. The van der Waals surface area contributed by atoms with Crippen molar-refractivity contribution in [2.45, 2.75) is 62.9 Å². The van der Waals surface area contributed by atoms with Crippen molar-refractivity contribution >= 4 is 6.09 Å². The molecule has 3 aliphatic rings. The minimum Gasteiger partial charge on any atom is -0.465 e. The fraction of sp³-hybridized carbons (Fsp3) is 0.778. The van der Waals surface area contributed by atoms with E-state index >= 15 is 0 Å². The molecule has 1 unspecified atom stereocenters. The van der Waals surface area contributed by atoms with Gasteiger partial charge in [0.1, 0.15) is 0 Å². The molecule has 132 valence electrons. The molecule has 3 heterocycles. The van der Waals surface area contributed by atoms with E-state index < -0.39 is 6.09 Å². The van der Waals surface area contributed by atoms with Gasteiger partial charge in [-0.3, -0.25) is 4.68 Å². The Morgan fingerprint density at radius 1 is 1.00 bits per heavy atom. The van der Waals surface area contributed by atoms with Crippen LogP contribution in [0.4, 0.5) is 4.79 Å². The Bertz CT molecular complexity index is 575. The highest BCUT2D eigenvalue weighted by Gasteiger charge is 2.32. The molecule has 0 bridgehead atoms. The first kappa shape index (κ1) is 15.9. The topological polar surface area (TPSA) is 61.6 Å². The molecule has 0 spiro atoms. The highest BCUT2D eigenvalue weighted by Crippen LogP contribution is 2.41. The van der Waals surface area contributed by atoms with Crippen LogP contribution in [-0.2, 0) is 0 Å². The first-order valence-corrected chi connectivity index (χ1v) is 9.47. The molecular weight excluding hydrogens is 304 g/mol. The number of nitrogens with zero attached hydrogens (tertiary/aromatic N) is 4. The number of amides is 1. The summed E-state index contributed by atoms with van der Waals surface area (Å²) in [5, 5.41) is 13.8. The molecule has 1 amide bonds. The smallest absolute Gasteiger partial charge is 0.407 e. The minimum atomic E-state index is -0.763. The Hall–Kier alpha value is -1.56. The summed E-state index contributed by atoms with van der Waals surface area (Å²) in [5.74, 6) is 0.759. The van der Waals surface area contributed by atoms with E-state index in [1.54, 1.807) is 4.90 Å². The van der Waals surface area contributed by atoms with Gasteiger partial charge < -0.3 is 14.9 Å². The van der Waals surface area contributed by atoms with Crippen molar-refractivity contribution in [2.24, 2.45) is 0 Å². The number of piperidine rings is 1. The molecule has 0 aromatic carbocycles. The quantitative estimate of drug-likeness (QED) is 0.924. The summed E-state index contributed by atoms with van der Waals surface area (Å²) in [4.78, 5) is 15.3. The zero-order chi connectivity index (χ0) is 16.5. The molecule has 2 saturated heterocycles. The summed E-state index contributed by atoms with van der Waals surface area (Å²) in [6.07, 6.45) is 9.28. The second-order valence-electron chi connectivity index (χ2n) is 7.60. The summed E-state index contributed by atoms with van der Waals surface area (Å²) in [5.41, 5.74) is 1.44. The van der Waals surface area contributed by atoms with Crippen LogP contribution in [0.5, 0.6) is 0 Å². The number of carbonyl (C=O) groups is 1. The first-order chi connectivity index (χ1) is 11.7. The van der Waals surface area contributed by atoms with Gasteiger partial charge in [-0.2, -0.15) is 5.10 Å². The van der Waals surface area contributed by atoms with Crippen molar-refractivity contribution in [1.29, 1.82) is 0 Å². The molecule has 1 aromatic rings. The van der Waals surface area contributed by atoms with E-state index in [4.69, 9.17) is 0 Å². The Kier molecular flexibility index (Phi) is 4.48. The molecule has 1 saturated carbocycles. The number of aromatic nitrogens is 2. The van der Waals surface area contributed by atoms with Crippen molar-refractivity contribution in [1.82, 2.24) is 19.6 Å². The van der Waals surface area contributed by atoms with Crippen LogP contribution in [0.15, 0.2) is 12.3 Å². The summed E-state index contributed by atoms with van der Waals surface area (Å²) in [6, 6.07) is 3.31. The largest absolute Gasteiger partial charge is 0.465 e. The summed E-state index contributed by atoms with van der Waals surface area (Å²) >= 11 is 0. The molecule has 3 fully saturated rings. The predicted octanol–water partition coefficient (Wildman–Crippen LogP) is 2.93. The third kappa shape index (κ3) is 3.29. The van der Waals surface area contributed by atoms with Crippen LogP contribution in [0.2, 0.25) is 0 Å². The lowest BCUT2D eigenvalue weighted by Gasteiger charge is -2.37. The lowest BCUT2D eigenvalue weighted by Crippen LogP contribution is -2.42. The normalized spacial score (nSPS) is 27.2. The second kappa shape index (κ2) is 6.75. The van der Waals surface area contributed by atoms with Gasteiger partial charge in [-0.15, -0.1) is 0 Å². The second-order valence-corrected chi connectivity index (χ2v) is 7.60.